The van der Waals surface area contributed by atoms with Crippen LogP contribution in [0.5, 0.6) is 5.75 Å². The fraction of sp³-hybridized carbons (Fsp3) is 0.350. The van der Waals surface area contributed by atoms with Crippen molar-refractivity contribution in [1.29, 1.82) is 0 Å². The number of imidazole rings is 1. The fourth-order valence-corrected chi connectivity index (χ4v) is 2.94. The molecular formula is C20H25N3O. The van der Waals surface area contributed by atoms with Crippen LogP contribution in [-0.2, 0) is 13.0 Å². The summed E-state index contributed by atoms with van der Waals surface area (Å²) >= 11 is 0. The molecule has 0 radical (unpaired) electrons. The van der Waals surface area contributed by atoms with Gasteiger partial charge in [0.2, 0.25) is 0 Å². The predicted octanol–water partition coefficient (Wildman–Crippen LogP) is 3.71. The Morgan fingerprint density at radius 2 is 1.96 bits per heavy atom. The average Bonchev–Trinajstić information content (AvgIpc) is 2.94. The van der Waals surface area contributed by atoms with Crippen molar-refractivity contribution < 1.29 is 4.74 Å². The third-order valence-electron chi connectivity index (χ3n) is 4.12. The quantitative estimate of drug-likeness (QED) is 0.643. The molecule has 0 aliphatic heterocycles. The van der Waals surface area contributed by atoms with Crippen LogP contribution in [0.3, 0.4) is 0 Å². The SMILES string of the molecule is Cc1cccc(OCCCn2c(CCCN)nc3ccccc32)c1. The first kappa shape index (κ1) is 16.5. The minimum absolute atomic E-state index is 0.694. The molecule has 0 spiro atoms. The van der Waals surface area contributed by atoms with Gasteiger partial charge in [0, 0.05) is 13.0 Å². The molecule has 1 aromatic heterocycles. The Morgan fingerprint density at radius 1 is 1.08 bits per heavy atom. The van der Waals surface area contributed by atoms with Crippen molar-refractivity contribution in [2.45, 2.75) is 32.7 Å². The summed E-state index contributed by atoms with van der Waals surface area (Å²) in [5, 5.41) is 0. The summed E-state index contributed by atoms with van der Waals surface area (Å²) < 4.78 is 8.17. The number of aryl methyl sites for hydroxylation is 3. The van der Waals surface area contributed by atoms with Crippen LogP contribution in [0.15, 0.2) is 48.5 Å². The standard InChI is InChI=1S/C20H25N3O/c1-16-7-4-8-17(15-16)24-14-6-13-23-19-10-3-2-9-18(19)22-20(23)11-5-12-21/h2-4,7-10,15H,5-6,11-14,21H2,1H3. The molecule has 24 heavy (non-hydrogen) atoms. The maximum atomic E-state index is 5.86. The van der Waals surface area contributed by atoms with Crippen molar-refractivity contribution in [1.82, 2.24) is 9.55 Å². The van der Waals surface area contributed by atoms with E-state index < -0.39 is 0 Å². The zero-order chi connectivity index (χ0) is 16.8. The number of nitrogens with two attached hydrogens (primary N) is 1. The van der Waals surface area contributed by atoms with E-state index in [1.165, 1.54) is 11.1 Å². The van der Waals surface area contributed by atoms with E-state index in [9.17, 15) is 0 Å². The van der Waals surface area contributed by atoms with Gasteiger partial charge >= 0.3 is 0 Å². The Balaban J connectivity index is 1.65. The van der Waals surface area contributed by atoms with Crippen LogP contribution in [0.2, 0.25) is 0 Å². The van der Waals surface area contributed by atoms with E-state index in [-0.39, 0.29) is 0 Å². The van der Waals surface area contributed by atoms with E-state index in [4.69, 9.17) is 15.5 Å². The van der Waals surface area contributed by atoms with Crippen LogP contribution in [0, 0.1) is 6.92 Å². The minimum Gasteiger partial charge on any atom is -0.494 e. The second kappa shape index (κ2) is 7.97. The van der Waals surface area contributed by atoms with Gasteiger partial charge in [0.15, 0.2) is 0 Å². The molecule has 0 aliphatic rings. The Kier molecular flexibility index (Phi) is 5.49. The van der Waals surface area contributed by atoms with Gasteiger partial charge in [-0.05, 0) is 56.1 Å². The Hall–Kier alpha value is -2.33. The first-order chi connectivity index (χ1) is 11.8. The molecule has 0 aliphatic carbocycles. The lowest BCUT2D eigenvalue weighted by Crippen LogP contribution is -2.10. The highest BCUT2D eigenvalue weighted by Crippen LogP contribution is 2.18. The van der Waals surface area contributed by atoms with Gasteiger partial charge in [-0.15, -0.1) is 0 Å². The van der Waals surface area contributed by atoms with Crippen LogP contribution in [0.1, 0.15) is 24.2 Å². The molecule has 3 rings (SSSR count). The summed E-state index contributed by atoms with van der Waals surface area (Å²) in [6.07, 6.45) is 2.83. The van der Waals surface area contributed by atoms with Crippen LogP contribution in [0.4, 0.5) is 0 Å². The number of hydrogen-bond acceptors (Lipinski definition) is 3. The van der Waals surface area contributed by atoms with Gasteiger partial charge in [-0.3, -0.25) is 0 Å². The first-order valence-electron chi connectivity index (χ1n) is 8.61. The van der Waals surface area contributed by atoms with Crippen molar-refractivity contribution in [3.63, 3.8) is 0 Å². The van der Waals surface area contributed by atoms with E-state index in [0.29, 0.717) is 13.2 Å². The maximum absolute atomic E-state index is 5.86. The van der Waals surface area contributed by atoms with Gasteiger partial charge in [0.1, 0.15) is 11.6 Å². The summed E-state index contributed by atoms with van der Waals surface area (Å²) in [5.41, 5.74) is 9.14. The van der Waals surface area contributed by atoms with Gasteiger partial charge in [-0.25, -0.2) is 4.98 Å². The number of aromatic nitrogens is 2. The minimum atomic E-state index is 0.694. The van der Waals surface area contributed by atoms with E-state index in [0.717, 1.165) is 42.9 Å². The topological polar surface area (TPSA) is 53.1 Å². The molecule has 0 saturated heterocycles. The van der Waals surface area contributed by atoms with Gasteiger partial charge < -0.3 is 15.0 Å². The van der Waals surface area contributed by atoms with Gasteiger partial charge in [-0.1, -0.05) is 24.3 Å². The lowest BCUT2D eigenvalue weighted by atomic mass is 10.2. The van der Waals surface area contributed by atoms with Crippen molar-refractivity contribution in [3.8, 4) is 5.75 Å². The molecule has 1 heterocycles. The zero-order valence-electron chi connectivity index (χ0n) is 14.2. The van der Waals surface area contributed by atoms with Crippen LogP contribution in [-0.4, -0.2) is 22.7 Å². The van der Waals surface area contributed by atoms with Crippen molar-refractivity contribution in [3.05, 3.63) is 59.9 Å². The largest absolute Gasteiger partial charge is 0.494 e. The molecule has 4 heteroatoms. The molecule has 0 saturated carbocycles. The second-order valence-corrected chi connectivity index (χ2v) is 6.08. The van der Waals surface area contributed by atoms with Crippen molar-refractivity contribution >= 4 is 11.0 Å². The molecule has 3 aromatic rings. The number of para-hydroxylation sites is 2. The number of fused-ring (bicyclic) bond motifs is 1. The Labute approximate surface area is 143 Å². The number of benzene rings is 2. The highest BCUT2D eigenvalue weighted by molar-refractivity contribution is 5.75. The lowest BCUT2D eigenvalue weighted by Gasteiger charge is -2.10. The normalized spacial score (nSPS) is 11.1. The lowest BCUT2D eigenvalue weighted by molar-refractivity contribution is 0.301. The van der Waals surface area contributed by atoms with Crippen LogP contribution < -0.4 is 10.5 Å². The molecule has 0 amide bonds. The van der Waals surface area contributed by atoms with Gasteiger partial charge in [0.05, 0.1) is 17.6 Å². The summed E-state index contributed by atoms with van der Waals surface area (Å²) in [6.45, 7) is 4.38. The zero-order valence-corrected chi connectivity index (χ0v) is 14.2. The molecule has 126 valence electrons. The third kappa shape index (κ3) is 3.95. The summed E-state index contributed by atoms with van der Waals surface area (Å²) in [6, 6.07) is 16.5. The fourth-order valence-electron chi connectivity index (χ4n) is 2.94. The molecule has 0 fully saturated rings. The smallest absolute Gasteiger partial charge is 0.119 e. The summed E-state index contributed by atoms with van der Waals surface area (Å²) in [7, 11) is 0. The van der Waals surface area contributed by atoms with E-state index in [1.54, 1.807) is 0 Å². The summed E-state index contributed by atoms with van der Waals surface area (Å²) in [4.78, 5) is 4.77. The Bertz CT molecular complexity index is 794. The van der Waals surface area contributed by atoms with E-state index in [1.807, 2.05) is 18.2 Å². The molecule has 0 atom stereocenters. The highest BCUT2D eigenvalue weighted by atomic mass is 16.5. The number of rotatable bonds is 8. The average molecular weight is 323 g/mol. The molecule has 2 N–H and O–H groups in total. The molecule has 0 unspecified atom stereocenters. The molecule has 4 nitrogen and oxygen atoms in total. The maximum Gasteiger partial charge on any atom is 0.119 e. The van der Waals surface area contributed by atoms with Crippen molar-refractivity contribution in [2.75, 3.05) is 13.2 Å². The summed E-state index contributed by atoms with van der Waals surface area (Å²) in [5.74, 6) is 2.06. The van der Waals surface area contributed by atoms with Crippen LogP contribution in [0.25, 0.3) is 11.0 Å². The predicted molar refractivity (Wildman–Crippen MR) is 98.4 cm³/mol. The van der Waals surface area contributed by atoms with Gasteiger partial charge in [0.25, 0.3) is 0 Å². The second-order valence-electron chi connectivity index (χ2n) is 6.08. The molecular weight excluding hydrogens is 298 g/mol. The van der Waals surface area contributed by atoms with Crippen molar-refractivity contribution in [2.24, 2.45) is 5.73 Å². The molecule has 2 aromatic carbocycles. The third-order valence-corrected chi connectivity index (χ3v) is 4.12. The number of nitrogens with zero attached hydrogens (tertiary/aromatic N) is 2. The van der Waals surface area contributed by atoms with E-state index >= 15 is 0 Å². The van der Waals surface area contributed by atoms with Gasteiger partial charge in [-0.2, -0.15) is 0 Å². The number of hydrogen-bond donors (Lipinski definition) is 1. The Morgan fingerprint density at radius 3 is 2.79 bits per heavy atom. The van der Waals surface area contributed by atoms with Crippen LogP contribution >= 0.6 is 0 Å². The monoisotopic (exact) mass is 323 g/mol. The number of ether oxygens (including phenoxy) is 1. The highest BCUT2D eigenvalue weighted by Gasteiger charge is 2.09. The molecule has 0 bridgehead atoms. The first-order valence-corrected chi connectivity index (χ1v) is 8.61. The van der Waals surface area contributed by atoms with E-state index in [2.05, 4.69) is 41.8 Å².